The molecule has 2 N–H and O–H groups in total. The Morgan fingerprint density at radius 1 is 1.12 bits per heavy atom. The highest BCUT2D eigenvalue weighted by molar-refractivity contribution is 9.10. The second kappa shape index (κ2) is 5.14. The van der Waals surface area contributed by atoms with E-state index in [4.69, 9.17) is 0 Å². The quantitative estimate of drug-likeness (QED) is 0.911. The van der Waals surface area contributed by atoms with Gasteiger partial charge in [-0.25, -0.2) is 9.97 Å². The minimum Gasteiger partial charge on any atom is -0.373 e. The van der Waals surface area contributed by atoms with Crippen LogP contribution in [0.2, 0.25) is 0 Å². The van der Waals surface area contributed by atoms with Gasteiger partial charge in [-0.1, -0.05) is 22.0 Å². The lowest BCUT2D eigenvalue weighted by Crippen LogP contribution is -1.99. The third-order valence-electron chi connectivity index (χ3n) is 2.39. The number of nitrogens with zero attached hydrogens (tertiary/aromatic N) is 2. The molecular formula is C12H13BrN4. The van der Waals surface area contributed by atoms with E-state index >= 15 is 0 Å². The van der Waals surface area contributed by atoms with Crippen molar-refractivity contribution in [2.75, 3.05) is 17.7 Å². The highest BCUT2D eigenvalue weighted by atomic mass is 79.9. The molecule has 0 amide bonds. The van der Waals surface area contributed by atoms with Crippen LogP contribution < -0.4 is 10.6 Å². The minimum absolute atomic E-state index is 0.769. The van der Waals surface area contributed by atoms with Crippen molar-refractivity contribution in [2.24, 2.45) is 0 Å². The number of nitrogens with one attached hydrogen (secondary N) is 2. The van der Waals surface area contributed by atoms with E-state index in [1.165, 1.54) is 6.33 Å². The molecule has 17 heavy (non-hydrogen) atoms. The number of halogens is 1. The molecule has 0 fully saturated rings. The molecule has 0 saturated carbocycles. The van der Waals surface area contributed by atoms with Gasteiger partial charge in [-0.2, -0.15) is 0 Å². The molecule has 1 heterocycles. The minimum atomic E-state index is 0.769. The maximum absolute atomic E-state index is 4.18. The molecule has 2 rings (SSSR count). The predicted molar refractivity (Wildman–Crippen MR) is 73.7 cm³/mol. The largest absolute Gasteiger partial charge is 0.373 e. The molecule has 0 bridgehead atoms. The van der Waals surface area contributed by atoms with E-state index in [-0.39, 0.29) is 0 Å². The summed E-state index contributed by atoms with van der Waals surface area (Å²) in [6.45, 7) is 2.05. The van der Waals surface area contributed by atoms with Crippen molar-refractivity contribution >= 4 is 33.3 Å². The lowest BCUT2D eigenvalue weighted by molar-refractivity contribution is 1.16. The number of hydrogen-bond donors (Lipinski definition) is 2. The van der Waals surface area contributed by atoms with Crippen LogP contribution in [0.3, 0.4) is 0 Å². The van der Waals surface area contributed by atoms with Crippen LogP contribution in [0.5, 0.6) is 0 Å². The van der Waals surface area contributed by atoms with Crippen molar-refractivity contribution in [3.8, 4) is 0 Å². The number of aromatic nitrogens is 2. The van der Waals surface area contributed by atoms with E-state index in [0.29, 0.717) is 0 Å². The van der Waals surface area contributed by atoms with Gasteiger partial charge in [0.25, 0.3) is 0 Å². The second-order valence-corrected chi connectivity index (χ2v) is 4.54. The fourth-order valence-corrected chi connectivity index (χ4v) is 1.79. The van der Waals surface area contributed by atoms with Crippen molar-refractivity contribution < 1.29 is 0 Å². The van der Waals surface area contributed by atoms with Crippen molar-refractivity contribution in [3.05, 3.63) is 40.6 Å². The SMILES string of the molecule is CNc1cc(Nc2cc(Br)ccc2C)ncn1. The summed E-state index contributed by atoms with van der Waals surface area (Å²) in [4.78, 5) is 8.24. The Labute approximate surface area is 109 Å². The molecular weight excluding hydrogens is 280 g/mol. The van der Waals surface area contributed by atoms with Gasteiger partial charge in [0.05, 0.1) is 0 Å². The van der Waals surface area contributed by atoms with E-state index in [2.05, 4.69) is 43.5 Å². The van der Waals surface area contributed by atoms with E-state index in [0.717, 1.165) is 27.4 Å². The number of hydrogen-bond acceptors (Lipinski definition) is 4. The second-order valence-electron chi connectivity index (χ2n) is 3.62. The molecule has 4 nitrogen and oxygen atoms in total. The van der Waals surface area contributed by atoms with Crippen LogP contribution >= 0.6 is 15.9 Å². The average molecular weight is 293 g/mol. The van der Waals surface area contributed by atoms with Crippen molar-refractivity contribution in [2.45, 2.75) is 6.92 Å². The van der Waals surface area contributed by atoms with Crippen LogP contribution in [0.4, 0.5) is 17.3 Å². The molecule has 0 radical (unpaired) electrons. The Hall–Kier alpha value is -1.62. The summed E-state index contributed by atoms with van der Waals surface area (Å²) < 4.78 is 1.04. The normalized spacial score (nSPS) is 10.1. The zero-order valence-electron chi connectivity index (χ0n) is 9.66. The van der Waals surface area contributed by atoms with Gasteiger partial charge >= 0.3 is 0 Å². The molecule has 1 aromatic carbocycles. The molecule has 0 aliphatic heterocycles. The van der Waals surface area contributed by atoms with Gasteiger partial charge in [0.15, 0.2) is 0 Å². The number of aryl methyl sites for hydroxylation is 1. The first kappa shape index (κ1) is 11.9. The van der Waals surface area contributed by atoms with Crippen molar-refractivity contribution in [1.29, 1.82) is 0 Å². The monoisotopic (exact) mass is 292 g/mol. The summed E-state index contributed by atoms with van der Waals surface area (Å²) in [7, 11) is 1.83. The molecule has 2 aromatic rings. The third kappa shape index (κ3) is 2.94. The summed E-state index contributed by atoms with van der Waals surface area (Å²) >= 11 is 3.45. The average Bonchev–Trinajstić information content (AvgIpc) is 2.34. The molecule has 0 spiro atoms. The maximum atomic E-state index is 4.18. The zero-order valence-corrected chi connectivity index (χ0v) is 11.2. The Bertz CT molecular complexity index is 528. The number of benzene rings is 1. The smallest absolute Gasteiger partial charge is 0.135 e. The number of anilines is 3. The topological polar surface area (TPSA) is 49.8 Å². The van der Waals surface area contributed by atoms with Gasteiger partial charge in [0.2, 0.25) is 0 Å². The molecule has 0 unspecified atom stereocenters. The third-order valence-corrected chi connectivity index (χ3v) is 2.88. The van der Waals surface area contributed by atoms with E-state index in [1.807, 2.05) is 31.3 Å². The van der Waals surface area contributed by atoms with E-state index in [9.17, 15) is 0 Å². The Morgan fingerprint density at radius 3 is 2.65 bits per heavy atom. The standard InChI is InChI=1S/C12H13BrN4/c1-8-3-4-9(13)5-10(8)17-12-6-11(14-2)15-7-16-12/h3-7H,1-2H3,(H2,14,15,16,17). The first-order chi connectivity index (χ1) is 8.19. The highest BCUT2D eigenvalue weighted by Gasteiger charge is 2.02. The first-order valence-corrected chi connectivity index (χ1v) is 6.01. The van der Waals surface area contributed by atoms with E-state index in [1.54, 1.807) is 0 Å². The van der Waals surface area contributed by atoms with Crippen LogP contribution in [0.15, 0.2) is 35.1 Å². The molecule has 0 saturated heterocycles. The van der Waals surface area contributed by atoms with Gasteiger partial charge < -0.3 is 10.6 Å². The van der Waals surface area contributed by atoms with Gasteiger partial charge in [-0.15, -0.1) is 0 Å². The lowest BCUT2D eigenvalue weighted by atomic mass is 10.2. The Balaban J connectivity index is 2.27. The van der Waals surface area contributed by atoms with Gasteiger partial charge in [0.1, 0.15) is 18.0 Å². The van der Waals surface area contributed by atoms with Crippen LogP contribution in [-0.2, 0) is 0 Å². The maximum Gasteiger partial charge on any atom is 0.135 e. The summed E-state index contributed by atoms with van der Waals surface area (Å²) in [5.41, 5.74) is 2.19. The predicted octanol–water partition coefficient (Wildman–Crippen LogP) is 3.33. The summed E-state index contributed by atoms with van der Waals surface area (Å²) in [5, 5.41) is 6.25. The van der Waals surface area contributed by atoms with Crippen LogP contribution in [0, 0.1) is 6.92 Å². The van der Waals surface area contributed by atoms with Gasteiger partial charge in [0, 0.05) is 23.3 Å². The lowest BCUT2D eigenvalue weighted by Gasteiger charge is -2.09. The van der Waals surface area contributed by atoms with Crippen LogP contribution in [0.25, 0.3) is 0 Å². The fraction of sp³-hybridized carbons (Fsp3) is 0.167. The molecule has 0 atom stereocenters. The van der Waals surface area contributed by atoms with Crippen LogP contribution in [0.1, 0.15) is 5.56 Å². The molecule has 0 aliphatic rings. The van der Waals surface area contributed by atoms with Crippen molar-refractivity contribution in [1.82, 2.24) is 9.97 Å². The number of rotatable bonds is 3. The Kier molecular flexibility index (Phi) is 3.58. The molecule has 0 aliphatic carbocycles. The zero-order chi connectivity index (χ0) is 12.3. The summed E-state index contributed by atoms with van der Waals surface area (Å²) in [5.74, 6) is 1.56. The van der Waals surface area contributed by atoms with Crippen molar-refractivity contribution in [3.63, 3.8) is 0 Å². The highest BCUT2D eigenvalue weighted by Crippen LogP contribution is 2.23. The van der Waals surface area contributed by atoms with E-state index < -0.39 is 0 Å². The Morgan fingerprint density at radius 2 is 1.88 bits per heavy atom. The summed E-state index contributed by atoms with van der Waals surface area (Å²) in [6, 6.07) is 7.95. The molecule has 5 heteroatoms. The van der Waals surface area contributed by atoms with Crippen LogP contribution in [-0.4, -0.2) is 17.0 Å². The van der Waals surface area contributed by atoms with Gasteiger partial charge in [-0.3, -0.25) is 0 Å². The van der Waals surface area contributed by atoms with Gasteiger partial charge in [-0.05, 0) is 24.6 Å². The first-order valence-electron chi connectivity index (χ1n) is 5.22. The molecule has 1 aromatic heterocycles. The fourth-order valence-electron chi connectivity index (χ4n) is 1.43. The molecule has 88 valence electrons. The summed E-state index contributed by atoms with van der Waals surface area (Å²) in [6.07, 6.45) is 1.53.